The number of rotatable bonds is 8. The van der Waals surface area contributed by atoms with E-state index >= 15 is 0 Å². The molecule has 1 aromatic rings. The van der Waals surface area contributed by atoms with Crippen molar-refractivity contribution >= 4 is 15.9 Å². The van der Waals surface area contributed by atoms with Gasteiger partial charge < -0.3 is 18.9 Å². The van der Waals surface area contributed by atoms with E-state index in [1.165, 1.54) is 0 Å². The molecule has 1 aromatic carbocycles. The van der Waals surface area contributed by atoms with E-state index in [0.717, 1.165) is 15.6 Å². The highest BCUT2D eigenvalue weighted by molar-refractivity contribution is 9.10. The smallest absolute Gasteiger partial charge is 0.192 e. The van der Waals surface area contributed by atoms with Crippen LogP contribution in [0.15, 0.2) is 22.7 Å². The molecule has 0 heterocycles. The predicted molar refractivity (Wildman–Crippen MR) is 86.1 cm³/mol. The summed E-state index contributed by atoms with van der Waals surface area (Å²) in [7, 11) is 3.27. The fraction of sp³-hybridized carbons (Fsp3) is 0.625. The second-order valence-electron chi connectivity index (χ2n) is 4.86. The zero-order valence-electron chi connectivity index (χ0n) is 13.7. The zero-order valence-corrected chi connectivity index (χ0v) is 15.2. The fourth-order valence-electron chi connectivity index (χ4n) is 2.22. The maximum atomic E-state index is 5.73. The molecule has 0 amide bonds. The standard InChI is InChI=1S/C16H25BrO4/c1-7-20-15(3,18-5)12-9-10-13(14(17)11-12)16(4,19-6)21-8-2/h9-11H,7-8H2,1-6H3. The minimum absolute atomic E-state index is 0.563. The number of halogens is 1. The van der Waals surface area contributed by atoms with Gasteiger partial charge in [-0.2, -0.15) is 0 Å². The van der Waals surface area contributed by atoms with Crippen LogP contribution in [0.3, 0.4) is 0 Å². The molecule has 0 aliphatic rings. The van der Waals surface area contributed by atoms with Crippen LogP contribution in [-0.4, -0.2) is 27.4 Å². The summed E-state index contributed by atoms with van der Waals surface area (Å²) in [5.74, 6) is -1.56. The van der Waals surface area contributed by atoms with Gasteiger partial charge in [0.2, 0.25) is 0 Å². The molecular weight excluding hydrogens is 336 g/mol. The topological polar surface area (TPSA) is 36.9 Å². The Balaban J connectivity index is 3.21. The van der Waals surface area contributed by atoms with E-state index in [4.69, 9.17) is 18.9 Å². The zero-order chi connectivity index (χ0) is 16.1. The molecule has 0 N–H and O–H groups in total. The lowest BCUT2D eigenvalue weighted by Crippen LogP contribution is -2.31. The second kappa shape index (κ2) is 7.70. The third-order valence-electron chi connectivity index (χ3n) is 3.60. The first kappa shape index (κ1) is 18.6. The van der Waals surface area contributed by atoms with Crippen LogP contribution in [0.5, 0.6) is 0 Å². The van der Waals surface area contributed by atoms with Crippen LogP contribution in [-0.2, 0) is 30.5 Å². The highest BCUT2D eigenvalue weighted by Crippen LogP contribution is 2.36. The van der Waals surface area contributed by atoms with E-state index in [2.05, 4.69) is 15.9 Å². The summed E-state index contributed by atoms with van der Waals surface area (Å²) in [5.41, 5.74) is 1.85. The molecule has 2 unspecified atom stereocenters. The van der Waals surface area contributed by atoms with Crippen molar-refractivity contribution in [2.24, 2.45) is 0 Å². The third kappa shape index (κ3) is 4.05. The molecule has 0 radical (unpaired) electrons. The van der Waals surface area contributed by atoms with Crippen LogP contribution in [0.25, 0.3) is 0 Å². The van der Waals surface area contributed by atoms with Crippen LogP contribution in [0.1, 0.15) is 38.8 Å². The number of ether oxygens (including phenoxy) is 4. The Hall–Kier alpha value is -0.460. The minimum atomic E-state index is -0.790. The Kier molecular flexibility index (Phi) is 6.81. The van der Waals surface area contributed by atoms with Gasteiger partial charge >= 0.3 is 0 Å². The van der Waals surface area contributed by atoms with Crippen molar-refractivity contribution in [2.45, 2.75) is 39.3 Å². The largest absolute Gasteiger partial charge is 0.349 e. The number of hydrogen-bond donors (Lipinski definition) is 0. The molecule has 0 saturated heterocycles. The molecule has 1 rings (SSSR count). The summed E-state index contributed by atoms with van der Waals surface area (Å²) in [6.45, 7) is 8.81. The van der Waals surface area contributed by atoms with E-state index in [1.54, 1.807) is 14.2 Å². The summed E-state index contributed by atoms with van der Waals surface area (Å²) in [6, 6.07) is 5.91. The lowest BCUT2D eigenvalue weighted by molar-refractivity contribution is -0.219. The lowest BCUT2D eigenvalue weighted by Gasteiger charge is -2.32. The Labute approximate surface area is 135 Å². The van der Waals surface area contributed by atoms with Crippen LogP contribution in [0, 0.1) is 0 Å². The number of benzene rings is 1. The van der Waals surface area contributed by atoms with Gasteiger partial charge in [0.1, 0.15) is 0 Å². The van der Waals surface area contributed by atoms with E-state index in [9.17, 15) is 0 Å². The molecule has 120 valence electrons. The highest BCUT2D eigenvalue weighted by atomic mass is 79.9. The molecule has 0 saturated carbocycles. The summed E-state index contributed by atoms with van der Waals surface area (Å²) in [4.78, 5) is 0. The van der Waals surface area contributed by atoms with Crippen molar-refractivity contribution in [2.75, 3.05) is 27.4 Å². The summed E-state index contributed by atoms with van der Waals surface area (Å²) >= 11 is 3.60. The van der Waals surface area contributed by atoms with Crippen molar-refractivity contribution in [1.82, 2.24) is 0 Å². The van der Waals surface area contributed by atoms with Crippen molar-refractivity contribution in [1.29, 1.82) is 0 Å². The highest BCUT2D eigenvalue weighted by Gasteiger charge is 2.32. The van der Waals surface area contributed by atoms with Crippen molar-refractivity contribution in [3.05, 3.63) is 33.8 Å². The van der Waals surface area contributed by atoms with Gasteiger partial charge in [-0.1, -0.05) is 28.1 Å². The number of methoxy groups -OCH3 is 2. The molecule has 2 atom stereocenters. The van der Waals surface area contributed by atoms with E-state index in [0.29, 0.717) is 13.2 Å². The molecule has 5 heteroatoms. The van der Waals surface area contributed by atoms with Crippen LogP contribution < -0.4 is 0 Å². The maximum Gasteiger partial charge on any atom is 0.192 e. The second-order valence-corrected chi connectivity index (χ2v) is 5.71. The molecule has 0 aliphatic heterocycles. The molecule has 0 bridgehead atoms. The van der Waals surface area contributed by atoms with E-state index in [1.807, 2.05) is 45.9 Å². The minimum Gasteiger partial charge on any atom is -0.349 e. The van der Waals surface area contributed by atoms with Gasteiger partial charge in [-0.15, -0.1) is 0 Å². The number of hydrogen-bond acceptors (Lipinski definition) is 4. The molecular formula is C16H25BrO4. The Morgan fingerprint density at radius 1 is 0.952 bits per heavy atom. The average Bonchev–Trinajstić information content (AvgIpc) is 2.47. The van der Waals surface area contributed by atoms with Crippen LogP contribution >= 0.6 is 15.9 Å². The fourth-order valence-corrected chi connectivity index (χ4v) is 2.96. The van der Waals surface area contributed by atoms with Crippen molar-refractivity contribution in [3.8, 4) is 0 Å². The first-order valence-electron chi connectivity index (χ1n) is 7.05. The Morgan fingerprint density at radius 2 is 1.48 bits per heavy atom. The Bertz CT molecular complexity index is 466. The molecule has 0 aliphatic carbocycles. The first-order valence-corrected chi connectivity index (χ1v) is 7.84. The van der Waals surface area contributed by atoms with E-state index in [-0.39, 0.29) is 0 Å². The molecule has 0 aromatic heterocycles. The van der Waals surface area contributed by atoms with Gasteiger partial charge in [-0.3, -0.25) is 0 Å². The van der Waals surface area contributed by atoms with Gasteiger partial charge in [0.15, 0.2) is 11.6 Å². The molecule has 0 spiro atoms. The average molecular weight is 361 g/mol. The summed E-state index contributed by atoms with van der Waals surface area (Å²) in [6.07, 6.45) is 0. The van der Waals surface area contributed by atoms with Crippen LogP contribution in [0.2, 0.25) is 0 Å². The SMILES string of the molecule is CCOC(C)(OC)c1ccc(C(C)(OC)OCC)c(Br)c1. The maximum absolute atomic E-state index is 5.73. The predicted octanol–water partition coefficient (Wildman–Crippen LogP) is 4.16. The molecule has 0 fully saturated rings. The normalized spacial score (nSPS) is 17.3. The van der Waals surface area contributed by atoms with E-state index < -0.39 is 11.6 Å². The van der Waals surface area contributed by atoms with Crippen LogP contribution in [0.4, 0.5) is 0 Å². The third-order valence-corrected chi connectivity index (χ3v) is 4.26. The quantitative estimate of drug-likeness (QED) is 0.652. The monoisotopic (exact) mass is 360 g/mol. The summed E-state index contributed by atoms with van der Waals surface area (Å²) in [5, 5.41) is 0. The summed E-state index contributed by atoms with van der Waals surface area (Å²) < 4.78 is 23.4. The first-order chi connectivity index (χ1) is 9.86. The molecule has 21 heavy (non-hydrogen) atoms. The van der Waals surface area contributed by atoms with Crippen molar-refractivity contribution < 1.29 is 18.9 Å². The van der Waals surface area contributed by atoms with Gasteiger partial charge in [-0.05, 0) is 33.8 Å². The molecule has 4 nitrogen and oxygen atoms in total. The van der Waals surface area contributed by atoms with Crippen molar-refractivity contribution in [3.63, 3.8) is 0 Å². The van der Waals surface area contributed by atoms with Gasteiger partial charge in [0, 0.05) is 43.0 Å². The lowest BCUT2D eigenvalue weighted by atomic mass is 10.0. The van der Waals surface area contributed by atoms with Gasteiger partial charge in [0.25, 0.3) is 0 Å². The van der Waals surface area contributed by atoms with Gasteiger partial charge in [0.05, 0.1) is 0 Å². The van der Waals surface area contributed by atoms with Gasteiger partial charge in [-0.25, -0.2) is 0 Å². The Morgan fingerprint density at radius 3 is 1.90 bits per heavy atom.